The lowest BCUT2D eigenvalue weighted by atomic mass is 10.1. The summed E-state index contributed by atoms with van der Waals surface area (Å²) >= 11 is 0. The highest BCUT2D eigenvalue weighted by Gasteiger charge is 2.09. The fourth-order valence-electron chi connectivity index (χ4n) is 3.48. The molecule has 2 N–H and O–H groups in total. The molecular weight excluding hydrogens is 428 g/mol. The molecule has 0 radical (unpaired) electrons. The molecule has 4 rings (SSSR count). The minimum Gasteiger partial charge on any atom is -0.325 e. The lowest BCUT2D eigenvalue weighted by Gasteiger charge is -2.10. The van der Waals surface area contributed by atoms with Crippen LogP contribution >= 0.6 is 0 Å². The van der Waals surface area contributed by atoms with Crippen molar-refractivity contribution in [3.05, 3.63) is 124 Å². The molecule has 0 fully saturated rings. The minimum absolute atomic E-state index is 0.0834. The second-order valence-electron chi connectivity index (χ2n) is 7.98. The Labute approximate surface area is 197 Å². The van der Waals surface area contributed by atoms with Crippen LogP contribution in [0.3, 0.4) is 0 Å². The Morgan fingerprint density at radius 2 is 1.41 bits per heavy atom. The number of rotatable bonds is 7. The van der Waals surface area contributed by atoms with E-state index in [2.05, 4.69) is 15.6 Å². The first-order valence-corrected chi connectivity index (χ1v) is 10.8. The van der Waals surface area contributed by atoms with Crippen LogP contribution in [0.4, 0.5) is 11.4 Å². The maximum atomic E-state index is 12.6. The number of carbonyl (C=O) groups excluding carboxylic acids is 2. The third-order valence-corrected chi connectivity index (χ3v) is 5.25. The van der Waals surface area contributed by atoms with Crippen LogP contribution in [-0.4, -0.2) is 21.4 Å². The Morgan fingerprint density at radius 3 is 2.12 bits per heavy atom. The highest BCUT2D eigenvalue weighted by Crippen LogP contribution is 2.16. The molecule has 7 nitrogen and oxygen atoms in total. The molecule has 0 aliphatic heterocycles. The van der Waals surface area contributed by atoms with Crippen LogP contribution in [0.25, 0.3) is 0 Å². The van der Waals surface area contributed by atoms with Crippen molar-refractivity contribution in [1.29, 1.82) is 0 Å². The lowest BCUT2D eigenvalue weighted by molar-refractivity contribution is -0.116. The molecule has 0 aliphatic rings. The summed E-state index contributed by atoms with van der Waals surface area (Å²) in [6.07, 6.45) is 5.97. The Morgan fingerprint density at radius 1 is 0.794 bits per heavy atom. The van der Waals surface area contributed by atoms with Gasteiger partial charge in [-0.25, -0.2) is 0 Å². The highest BCUT2D eigenvalue weighted by atomic mass is 16.2. The van der Waals surface area contributed by atoms with Crippen molar-refractivity contribution in [3.63, 3.8) is 0 Å². The van der Waals surface area contributed by atoms with Crippen LogP contribution in [0.1, 0.15) is 27.0 Å². The molecule has 0 saturated carbocycles. The van der Waals surface area contributed by atoms with E-state index in [1.165, 1.54) is 16.2 Å². The van der Waals surface area contributed by atoms with E-state index in [0.717, 1.165) is 17.5 Å². The molecule has 0 aliphatic carbocycles. The van der Waals surface area contributed by atoms with Gasteiger partial charge in [-0.2, -0.15) is 0 Å². The lowest BCUT2D eigenvalue weighted by Crippen LogP contribution is -2.26. The Hall–Kier alpha value is -4.52. The monoisotopic (exact) mass is 452 g/mol. The predicted molar refractivity (Wildman–Crippen MR) is 132 cm³/mol. The van der Waals surface area contributed by atoms with Crippen molar-refractivity contribution >= 4 is 23.2 Å². The summed E-state index contributed by atoms with van der Waals surface area (Å²) in [5.74, 6) is -0.567. The van der Waals surface area contributed by atoms with Gasteiger partial charge in [-0.3, -0.25) is 19.4 Å². The fourth-order valence-corrected chi connectivity index (χ4v) is 3.48. The van der Waals surface area contributed by atoms with Gasteiger partial charge in [-0.1, -0.05) is 18.2 Å². The second kappa shape index (κ2) is 10.4. The SMILES string of the molecule is Cc1ccc(=O)n(CC(=O)Nc2ccc(C(=O)Nc3ccc(Cc4ccncc4)cc3)cc2)c1. The smallest absolute Gasteiger partial charge is 0.255 e. The number of nitrogens with zero attached hydrogens (tertiary/aromatic N) is 2. The molecule has 2 heterocycles. The molecular formula is C27H24N4O3. The molecule has 4 aromatic rings. The summed E-state index contributed by atoms with van der Waals surface area (Å²) in [7, 11) is 0. The van der Waals surface area contributed by atoms with E-state index < -0.39 is 0 Å². The van der Waals surface area contributed by atoms with Crippen molar-refractivity contribution in [3.8, 4) is 0 Å². The van der Waals surface area contributed by atoms with E-state index in [-0.39, 0.29) is 23.9 Å². The van der Waals surface area contributed by atoms with Gasteiger partial charge in [0, 0.05) is 41.6 Å². The molecule has 0 atom stereocenters. The number of hydrogen-bond acceptors (Lipinski definition) is 4. The van der Waals surface area contributed by atoms with Crippen LogP contribution in [0.2, 0.25) is 0 Å². The third-order valence-electron chi connectivity index (χ3n) is 5.25. The van der Waals surface area contributed by atoms with Crippen molar-refractivity contribution in [1.82, 2.24) is 9.55 Å². The van der Waals surface area contributed by atoms with Gasteiger partial charge in [0.25, 0.3) is 11.5 Å². The zero-order chi connectivity index (χ0) is 23.9. The average molecular weight is 453 g/mol. The van der Waals surface area contributed by atoms with Gasteiger partial charge in [0.05, 0.1) is 0 Å². The number of carbonyl (C=O) groups is 2. The van der Waals surface area contributed by atoms with Gasteiger partial charge in [-0.15, -0.1) is 0 Å². The first-order valence-electron chi connectivity index (χ1n) is 10.8. The molecule has 170 valence electrons. The number of benzene rings is 2. The largest absolute Gasteiger partial charge is 0.325 e. The van der Waals surface area contributed by atoms with Gasteiger partial charge in [0.1, 0.15) is 6.54 Å². The fraction of sp³-hybridized carbons (Fsp3) is 0.111. The number of amides is 2. The number of aryl methyl sites for hydroxylation is 1. The minimum atomic E-state index is -0.322. The summed E-state index contributed by atoms with van der Waals surface area (Å²) < 4.78 is 1.36. The Balaban J connectivity index is 1.32. The third kappa shape index (κ3) is 6.04. The predicted octanol–water partition coefficient (Wildman–Crippen LogP) is 4.03. The standard InChI is InChI=1S/C27H24N4O3/c1-19-2-11-26(33)31(17-19)18-25(32)29-23-9-5-22(6-10-23)27(34)30-24-7-3-20(4-8-24)16-21-12-14-28-15-13-21/h2-15,17H,16,18H2,1H3,(H,29,32)(H,30,34). The van der Waals surface area contributed by atoms with E-state index in [9.17, 15) is 14.4 Å². The van der Waals surface area contributed by atoms with Crippen LogP contribution in [-0.2, 0) is 17.8 Å². The maximum Gasteiger partial charge on any atom is 0.255 e. The molecule has 2 aromatic heterocycles. The van der Waals surface area contributed by atoms with E-state index in [1.807, 2.05) is 43.3 Å². The summed E-state index contributed by atoms with van der Waals surface area (Å²) in [4.78, 5) is 40.8. The van der Waals surface area contributed by atoms with E-state index in [1.54, 1.807) is 48.9 Å². The van der Waals surface area contributed by atoms with Crippen LogP contribution < -0.4 is 16.2 Å². The van der Waals surface area contributed by atoms with E-state index in [0.29, 0.717) is 16.9 Å². The molecule has 34 heavy (non-hydrogen) atoms. The topological polar surface area (TPSA) is 93.1 Å². The van der Waals surface area contributed by atoms with Gasteiger partial charge in [0.2, 0.25) is 5.91 Å². The molecule has 2 amide bonds. The van der Waals surface area contributed by atoms with E-state index >= 15 is 0 Å². The van der Waals surface area contributed by atoms with Crippen LogP contribution in [0.15, 0.2) is 96.2 Å². The summed E-state index contributed by atoms with van der Waals surface area (Å²) in [6, 6.07) is 21.4. The summed E-state index contributed by atoms with van der Waals surface area (Å²) in [5, 5.41) is 5.62. The maximum absolute atomic E-state index is 12.6. The normalized spacial score (nSPS) is 10.5. The van der Waals surface area contributed by atoms with Crippen LogP contribution in [0.5, 0.6) is 0 Å². The quantitative estimate of drug-likeness (QED) is 0.443. The summed E-state index contributed by atoms with van der Waals surface area (Å²) in [6.45, 7) is 1.77. The highest BCUT2D eigenvalue weighted by molar-refractivity contribution is 6.04. The zero-order valence-electron chi connectivity index (χ0n) is 18.7. The number of hydrogen-bond donors (Lipinski definition) is 2. The zero-order valence-corrected chi connectivity index (χ0v) is 18.7. The Bertz CT molecular complexity index is 1350. The average Bonchev–Trinajstić information content (AvgIpc) is 2.84. The second-order valence-corrected chi connectivity index (χ2v) is 7.98. The van der Waals surface area contributed by atoms with Crippen molar-refractivity contribution in [2.45, 2.75) is 19.9 Å². The summed E-state index contributed by atoms with van der Waals surface area (Å²) in [5.41, 5.74) is 4.67. The number of aromatic nitrogens is 2. The molecule has 0 saturated heterocycles. The van der Waals surface area contributed by atoms with Crippen molar-refractivity contribution in [2.75, 3.05) is 10.6 Å². The molecule has 2 aromatic carbocycles. The number of anilines is 2. The van der Waals surface area contributed by atoms with Crippen LogP contribution in [0, 0.1) is 6.92 Å². The van der Waals surface area contributed by atoms with Gasteiger partial charge >= 0.3 is 0 Å². The Kier molecular flexibility index (Phi) is 6.93. The number of pyridine rings is 2. The van der Waals surface area contributed by atoms with E-state index in [4.69, 9.17) is 0 Å². The molecule has 0 bridgehead atoms. The van der Waals surface area contributed by atoms with Gasteiger partial charge in [-0.05, 0) is 78.6 Å². The first kappa shape index (κ1) is 22.7. The molecule has 0 unspecified atom stereocenters. The first-order chi connectivity index (χ1) is 16.5. The molecule has 7 heteroatoms. The van der Waals surface area contributed by atoms with Crippen molar-refractivity contribution in [2.24, 2.45) is 0 Å². The van der Waals surface area contributed by atoms with Gasteiger partial charge in [0.15, 0.2) is 0 Å². The molecule has 0 spiro atoms. The van der Waals surface area contributed by atoms with Crippen molar-refractivity contribution < 1.29 is 9.59 Å². The number of nitrogens with one attached hydrogen (secondary N) is 2. The van der Waals surface area contributed by atoms with Gasteiger partial charge < -0.3 is 15.2 Å².